The number of fused-ring (bicyclic) bond motifs is 1. The van der Waals surface area contributed by atoms with Gasteiger partial charge in [-0.3, -0.25) is 14.5 Å². The summed E-state index contributed by atoms with van der Waals surface area (Å²) in [5, 5.41) is 14.2. The maximum atomic E-state index is 12.0. The third-order valence-electron chi connectivity index (χ3n) is 4.48. The van der Waals surface area contributed by atoms with Gasteiger partial charge >= 0.3 is 11.8 Å². The Morgan fingerprint density at radius 1 is 1.15 bits per heavy atom. The summed E-state index contributed by atoms with van der Waals surface area (Å²) in [6, 6.07) is 14.7. The molecule has 0 saturated heterocycles. The van der Waals surface area contributed by atoms with Crippen molar-refractivity contribution >= 4 is 29.1 Å². The van der Waals surface area contributed by atoms with Gasteiger partial charge in [-0.25, -0.2) is 0 Å². The molecule has 0 saturated carbocycles. The van der Waals surface area contributed by atoms with Gasteiger partial charge in [-0.15, -0.1) is 0 Å². The fraction of sp³-hybridized carbons (Fsp3) is 0.250. The number of nitrogens with one attached hydrogen (secondary N) is 2. The van der Waals surface area contributed by atoms with Crippen LogP contribution in [-0.2, 0) is 22.6 Å². The van der Waals surface area contributed by atoms with Gasteiger partial charge in [-0.05, 0) is 35.7 Å². The number of nitriles is 1. The molecule has 1 heterocycles. The van der Waals surface area contributed by atoms with Gasteiger partial charge in [0, 0.05) is 31.9 Å². The number of nitrogens with zero attached hydrogens (tertiary/aromatic N) is 2. The van der Waals surface area contributed by atoms with Crippen LogP contribution in [-0.4, -0.2) is 36.3 Å². The fourth-order valence-electron chi connectivity index (χ4n) is 3.02. The van der Waals surface area contributed by atoms with Crippen LogP contribution in [0.4, 0.5) is 5.69 Å². The zero-order valence-corrected chi connectivity index (χ0v) is 15.4. The Hall–Kier alpha value is -2.88. The van der Waals surface area contributed by atoms with Crippen molar-refractivity contribution in [1.29, 1.82) is 5.26 Å². The summed E-state index contributed by atoms with van der Waals surface area (Å²) in [4.78, 5) is 26.2. The van der Waals surface area contributed by atoms with E-state index in [1.54, 1.807) is 0 Å². The summed E-state index contributed by atoms with van der Waals surface area (Å²) in [5.74, 6) is -1.47. The van der Waals surface area contributed by atoms with Crippen LogP contribution >= 0.6 is 11.6 Å². The maximum Gasteiger partial charge on any atom is 0.313 e. The van der Waals surface area contributed by atoms with Crippen molar-refractivity contribution in [3.63, 3.8) is 0 Å². The Morgan fingerprint density at radius 3 is 2.67 bits per heavy atom. The van der Waals surface area contributed by atoms with Crippen molar-refractivity contribution < 1.29 is 9.59 Å². The lowest BCUT2D eigenvalue weighted by molar-refractivity contribution is -0.136. The van der Waals surface area contributed by atoms with Gasteiger partial charge in [-0.1, -0.05) is 35.9 Å². The molecule has 0 aromatic heterocycles. The molecule has 7 heteroatoms. The van der Waals surface area contributed by atoms with E-state index in [-0.39, 0.29) is 5.02 Å². The van der Waals surface area contributed by atoms with Crippen molar-refractivity contribution in [3.05, 3.63) is 64.2 Å². The van der Waals surface area contributed by atoms with E-state index in [1.807, 2.05) is 18.2 Å². The quantitative estimate of drug-likeness (QED) is 0.795. The average Bonchev–Trinajstić information content (AvgIpc) is 2.68. The molecule has 1 aliphatic rings. The molecule has 0 radical (unpaired) electrons. The van der Waals surface area contributed by atoms with Crippen LogP contribution in [0.3, 0.4) is 0 Å². The highest BCUT2D eigenvalue weighted by Gasteiger charge is 2.17. The SMILES string of the molecule is N#Cc1ccc(NC(=O)C(=O)NCCN2CCc3ccccc3C2)cc1Cl. The van der Waals surface area contributed by atoms with Crippen molar-refractivity contribution in [2.24, 2.45) is 0 Å². The summed E-state index contributed by atoms with van der Waals surface area (Å²) in [5.41, 5.74) is 3.36. The Bertz CT molecular complexity index is 907. The van der Waals surface area contributed by atoms with Gasteiger partial charge in [0.1, 0.15) is 6.07 Å². The number of hydrogen-bond donors (Lipinski definition) is 2. The molecule has 138 valence electrons. The van der Waals surface area contributed by atoms with Crippen LogP contribution in [0.1, 0.15) is 16.7 Å². The minimum absolute atomic E-state index is 0.223. The van der Waals surface area contributed by atoms with Gasteiger partial charge in [0.2, 0.25) is 0 Å². The summed E-state index contributed by atoms with van der Waals surface area (Å²) >= 11 is 5.92. The first-order chi connectivity index (χ1) is 13.1. The highest BCUT2D eigenvalue weighted by atomic mass is 35.5. The first-order valence-electron chi connectivity index (χ1n) is 8.65. The van der Waals surface area contributed by atoms with Crippen LogP contribution in [0.25, 0.3) is 0 Å². The number of benzene rings is 2. The second-order valence-electron chi connectivity index (χ2n) is 6.31. The standard InChI is InChI=1S/C20H19ClN4O2/c21-18-11-17(6-5-15(18)12-22)24-20(27)19(26)23-8-10-25-9-7-14-3-1-2-4-16(14)13-25/h1-6,11H,7-10,13H2,(H,23,26)(H,24,27). The number of carbonyl (C=O) groups excluding carboxylic acids is 2. The molecule has 27 heavy (non-hydrogen) atoms. The Labute approximate surface area is 162 Å². The molecule has 3 rings (SSSR count). The lowest BCUT2D eigenvalue weighted by atomic mass is 10.00. The normalized spacial score (nSPS) is 13.3. The van der Waals surface area contributed by atoms with Crippen LogP contribution in [0.2, 0.25) is 5.02 Å². The van der Waals surface area contributed by atoms with Gasteiger partial charge in [-0.2, -0.15) is 5.26 Å². The van der Waals surface area contributed by atoms with Gasteiger partial charge in [0.25, 0.3) is 0 Å². The van der Waals surface area contributed by atoms with Crippen LogP contribution in [0.5, 0.6) is 0 Å². The Kier molecular flexibility index (Phi) is 6.07. The van der Waals surface area contributed by atoms with Crippen molar-refractivity contribution in [1.82, 2.24) is 10.2 Å². The molecule has 2 aromatic rings. The van der Waals surface area contributed by atoms with Gasteiger partial charge in [0.05, 0.1) is 10.6 Å². The van der Waals surface area contributed by atoms with E-state index in [0.717, 1.165) is 19.5 Å². The Balaban J connectivity index is 1.45. The number of anilines is 1. The second kappa shape index (κ2) is 8.67. The van der Waals surface area contributed by atoms with Crippen molar-refractivity contribution in [3.8, 4) is 6.07 Å². The van der Waals surface area contributed by atoms with E-state index in [9.17, 15) is 9.59 Å². The van der Waals surface area contributed by atoms with Crippen LogP contribution in [0, 0.1) is 11.3 Å². The monoisotopic (exact) mass is 382 g/mol. The number of amides is 2. The predicted molar refractivity (Wildman–Crippen MR) is 103 cm³/mol. The van der Waals surface area contributed by atoms with Crippen LogP contribution < -0.4 is 10.6 Å². The van der Waals surface area contributed by atoms with E-state index in [4.69, 9.17) is 16.9 Å². The highest BCUT2D eigenvalue weighted by molar-refractivity contribution is 6.40. The summed E-state index contributed by atoms with van der Waals surface area (Å²) in [7, 11) is 0. The molecule has 2 amide bonds. The van der Waals surface area contributed by atoms with Crippen molar-refractivity contribution in [2.75, 3.05) is 25.0 Å². The molecule has 2 N–H and O–H groups in total. The molecule has 6 nitrogen and oxygen atoms in total. The largest absolute Gasteiger partial charge is 0.347 e. The molecule has 0 unspecified atom stereocenters. The first-order valence-corrected chi connectivity index (χ1v) is 9.02. The van der Waals surface area contributed by atoms with E-state index < -0.39 is 11.8 Å². The minimum atomic E-state index is -0.764. The zero-order valence-electron chi connectivity index (χ0n) is 14.7. The summed E-state index contributed by atoms with van der Waals surface area (Å²) in [6.07, 6.45) is 0.990. The number of rotatable bonds is 4. The minimum Gasteiger partial charge on any atom is -0.347 e. The summed E-state index contributed by atoms with van der Waals surface area (Å²) < 4.78 is 0. The van der Waals surface area contributed by atoms with Crippen molar-refractivity contribution in [2.45, 2.75) is 13.0 Å². The highest BCUT2D eigenvalue weighted by Crippen LogP contribution is 2.20. The molecule has 0 bridgehead atoms. The zero-order chi connectivity index (χ0) is 19.2. The summed E-state index contributed by atoms with van der Waals surface area (Å²) in [6.45, 7) is 2.85. The lowest BCUT2D eigenvalue weighted by Gasteiger charge is -2.28. The number of carbonyl (C=O) groups is 2. The van der Waals surface area contributed by atoms with E-state index >= 15 is 0 Å². The molecule has 0 spiro atoms. The fourth-order valence-corrected chi connectivity index (χ4v) is 3.25. The van der Waals surface area contributed by atoms with Crippen LogP contribution in [0.15, 0.2) is 42.5 Å². The molecule has 2 aromatic carbocycles. The number of hydrogen-bond acceptors (Lipinski definition) is 4. The first kappa shape index (κ1) is 18.9. The molecule has 0 atom stereocenters. The average molecular weight is 383 g/mol. The third-order valence-corrected chi connectivity index (χ3v) is 4.79. The predicted octanol–water partition coefficient (Wildman–Crippen LogP) is 2.32. The van der Waals surface area contributed by atoms with Gasteiger partial charge in [0.15, 0.2) is 0 Å². The Morgan fingerprint density at radius 2 is 1.93 bits per heavy atom. The lowest BCUT2D eigenvalue weighted by Crippen LogP contribution is -2.41. The van der Waals surface area contributed by atoms with E-state index in [2.05, 4.69) is 27.7 Å². The third kappa shape index (κ3) is 4.85. The topological polar surface area (TPSA) is 85.2 Å². The van der Waals surface area contributed by atoms with E-state index in [0.29, 0.717) is 24.3 Å². The van der Waals surface area contributed by atoms with E-state index in [1.165, 1.54) is 29.3 Å². The number of halogens is 1. The molecule has 0 aliphatic carbocycles. The van der Waals surface area contributed by atoms with Gasteiger partial charge < -0.3 is 10.6 Å². The smallest absolute Gasteiger partial charge is 0.313 e. The molecule has 1 aliphatic heterocycles. The molecular weight excluding hydrogens is 364 g/mol. The maximum absolute atomic E-state index is 12.0. The molecular formula is C20H19ClN4O2. The molecule has 0 fully saturated rings. The second-order valence-corrected chi connectivity index (χ2v) is 6.72.